The van der Waals surface area contributed by atoms with Crippen LogP contribution in [0.25, 0.3) is 0 Å². The summed E-state index contributed by atoms with van der Waals surface area (Å²) in [6.07, 6.45) is 0. The Balaban J connectivity index is 0. The summed E-state index contributed by atoms with van der Waals surface area (Å²) in [5.41, 5.74) is 0. The maximum atomic E-state index is 4.68. The van der Waals surface area contributed by atoms with E-state index in [9.17, 15) is 0 Å². The number of rotatable bonds is 0. The second kappa shape index (κ2) is 8.84. The lowest BCUT2D eigenvalue weighted by molar-refractivity contribution is 5.06. The fourth-order valence-electron chi connectivity index (χ4n) is 0. The third kappa shape index (κ3) is 10.1. The molecule has 0 nitrogen and oxygen atoms in total. The van der Waals surface area contributed by atoms with Crippen LogP contribution in [0, 0.1) is 0 Å². The molecule has 0 rings (SSSR count). The van der Waals surface area contributed by atoms with Crippen molar-refractivity contribution < 1.29 is 0 Å². The zero-order valence-electron chi connectivity index (χ0n) is 1.61. The number of hydrogen-bond donors (Lipinski definition) is 0. The molecule has 0 unspecified atom stereocenters. The first-order valence-corrected chi connectivity index (χ1v) is 2.78. The third-order valence-electron chi connectivity index (χ3n) is 0. The van der Waals surface area contributed by atoms with Gasteiger partial charge < -0.3 is 0 Å². The van der Waals surface area contributed by atoms with E-state index in [4.69, 9.17) is 0 Å². The van der Waals surface area contributed by atoms with Crippen LogP contribution < -0.4 is 0 Å². The SMILES string of the molecule is ClSCl.[P]. The Labute approximate surface area is 41.9 Å². The van der Waals surface area contributed by atoms with Gasteiger partial charge in [-0.1, -0.05) is 0 Å². The quantitative estimate of drug-likeness (QED) is 0.459. The highest BCUT2D eigenvalue weighted by Gasteiger charge is 1.43. The minimum atomic E-state index is 0. The summed E-state index contributed by atoms with van der Waals surface area (Å²) in [6, 6.07) is 0. The summed E-state index contributed by atoms with van der Waals surface area (Å²) in [5.74, 6) is 0. The van der Waals surface area contributed by atoms with Gasteiger partial charge in [0.1, 0.15) is 0 Å². The summed E-state index contributed by atoms with van der Waals surface area (Å²) < 4.78 is 0. The molecule has 0 aliphatic heterocycles. The van der Waals surface area contributed by atoms with Crippen LogP contribution in [0.3, 0.4) is 0 Å². The van der Waals surface area contributed by atoms with Crippen molar-refractivity contribution in [3.8, 4) is 0 Å². The molecule has 0 amide bonds. The average molecular weight is 134 g/mol. The van der Waals surface area contributed by atoms with Gasteiger partial charge in [-0.05, 0) is 21.4 Å². The highest BCUT2D eigenvalue weighted by Crippen LogP contribution is 2.08. The smallest absolute Gasteiger partial charge is 0.0261 e. The molecule has 3 radical (unpaired) electrons. The second-order valence-electron chi connectivity index (χ2n) is 0.0583. The van der Waals surface area contributed by atoms with Crippen LogP contribution in [0.5, 0.6) is 0 Å². The molecule has 4 heavy (non-hydrogen) atoms. The topological polar surface area (TPSA) is 0 Å². The van der Waals surface area contributed by atoms with Crippen LogP contribution in [-0.4, -0.2) is 0 Å². The molecule has 0 aromatic heterocycles. The van der Waals surface area contributed by atoms with Gasteiger partial charge in [-0.2, -0.15) is 0 Å². The Morgan fingerprint density at radius 2 is 1.25 bits per heavy atom. The molecule has 0 fully saturated rings. The van der Waals surface area contributed by atoms with Crippen molar-refractivity contribution in [3.05, 3.63) is 0 Å². The zero-order valence-corrected chi connectivity index (χ0v) is 4.83. The highest BCUT2D eigenvalue weighted by atomic mass is 36.0. The van der Waals surface area contributed by atoms with Crippen molar-refractivity contribution in [2.45, 2.75) is 0 Å². The van der Waals surface area contributed by atoms with Crippen LogP contribution in [0.4, 0.5) is 0 Å². The molecule has 0 saturated heterocycles. The van der Waals surface area contributed by atoms with Crippen molar-refractivity contribution in [2.75, 3.05) is 0 Å². The molecule has 0 atom stereocenters. The molecule has 0 aliphatic carbocycles. The lowest BCUT2D eigenvalue weighted by Crippen LogP contribution is -0.745. The van der Waals surface area contributed by atoms with Gasteiger partial charge in [0.15, 0.2) is 0 Å². The summed E-state index contributed by atoms with van der Waals surface area (Å²) in [4.78, 5) is 0. The number of halogens is 2. The molecular formula is Cl2PS. The Hall–Kier alpha value is 1.36. The van der Waals surface area contributed by atoms with Crippen molar-refractivity contribution in [3.63, 3.8) is 0 Å². The van der Waals surface area contributed by atoms with Crippen LogP contribution in [-0.2, 0) is 0 Å². The number of hydrogen-bond acceptors (Lipinski definition) is 1. The van der Waals surface area contributed by atoms with E-state index in [0.717, 1.165) is 0 Å². The predicted molar refractivity (Wildman–Crippen MR) is 26.2 cm³/mol. The molecule has 0 saturated carbocycles. The van der Waals surface area contributed by atoms with Crippen LogP contribution >= 0.6 is 41.5 Å². The first-order valence-electron chi connectivity index (χ1n) is 0.309. The van der Waals surface area contributed by atoms with E-state index in [0.29, 0.717) is 10.2 Å². The Bertz CT molecular complexity index is 6.00. The van der Waals surface area contributed by atoms with E-state index >= 15 is 0 Å². The van der Waals surface area contributed by atoms with Gasteiger partial charge in [-0.25, -0.2) is 0 Å². The highest BCUT2D eigenvalue weighted by molar-refractivity contribution is 8.38. The maximum absolute atomic E-state index is 4.68. The lowest BCUT2D eigenvalue weighted by Gasteiger charge is -1.40. The molecule has 0 heterocycles. The van der Waals surface area contributed by atoms with Crippen molar-refractivity contribution in [1.82, 2.24) is 0 Å². The van der Waals surface area contributed by atoms with Gasteiger partial charge >= 0.3 is 0 Å². The molecule has 0 N–H and O–H groups in total. The Kier molecular flexibility index (Phi) is 19.9. The van der Waals surface area contributed by atoms with E-state index in [1.54, 1.807) is 0 Å². The van der Waals surface area contributed by atoms with Crippen LogP contribution in [0.15, 0.2) is 0 Å². The largest absolute Gasteiger partial charge is 0.0523 e. The van der Waals surface area contributed by atoms with E-state index < -0.39 is 0 Å². The van der Waals surface area contributed by atoms with Gasteiger partial charge in [0.05, 0.1) is 10.2 Å². The molecule has 25 valence electrons. The van der Waals surface area contributed by atoms with E-state index in [1.807, 2.05) is 0 Å². The normalized spacial score (nSPS) is 4.50. The van der Waals surface area contributed by atoms with E-state index in [1.165, 1.54) is 0 Å². The molecule has 0 aromatic rings. The van der Waals surface area contributed by atoms with Gasteiger partial charge in [0, 0.05) is 9.90 Å². The first-order chi connectivity index (χ1) is 1.41. The van der Waals surface area contributed by atoms with Crippen molar-refractivity contribution in [2.24, 2.45) is 0 Å². The average Bonchev–Trinajstić information content (AvgIpc) is 0.918. The fraction of sp³-hybridized carbons (Fsp3) is 0. The summed E-state index contributed by atoms with van der Waals surface area (Å²) in [5, 5.41) is 0. The van der Waals surface area contributed by atoms with Gasteiger partial charge in [-0.15, -0.1) is 0 Å². The summed E-state index contributed by atoms with van der Waals surface area (Å²) in [7, 11) is 10.1. The zero-order chi connectivity index (χ0) is 2.71. The predicted octanol–water partition coefficient (Wildman–Crippen LogP) is 2.89. The van der Waals surface area contributed by atoms with Gasteiger partial charge in [-0.3, -0.25) is 0 Å². The van der Waals surface area contributed by atoms with Crippen molar-refractivity contribution in [1.29, 1.82) is 0 Å². The fourth-order valence-corrected chi connectivity index (χ4v) is 0. The molecule has 0 bridgehead atoms. The maximum Gasteiger partial charge on any atom is 0.0523 e. The summed E-state index contributed by atoms with van der Waals surface area (Å²) >= 11 is 0. The molecule has 0 aliphatic rings. The molecule has 0 aromatic carbocycles. The Morgan fingerprint density at radius 1 is 1.25 bits per heavy atom. The van der Waals surface area contributed by atoms with Crippen LogP contribution in [0.2, 0.25) is 0 Å². The van der Waals surface area contributed by atoms with E-state index in [-0.39, 0.29) is 9.90 Å². The molecule has 4 heteroatoms. The van der Waals surface area contributed by atoms with E-state index in [2.05, 4.69) is 21.4 Å². The molecular weight excluding hydrogens is 134 g/mol. The van der Waals surface area contributed by atoms with Crippen LogP contribution in [0.1, 0.15) is 0 Å². The lowest BCUT2D eigenvalue weighted by atomic mass is 31.0. The minimum Gasteiger partial charge on any atom is -0.0261 e. The molecule has 0 spiro atoms. The minimum absolute atomic E-state index is 0. The van der Waals surface area contributed by atoms with Crippen molar-refractivity contribution >= 4 is 41.5 Å². The standard InChI is InChI=1S/Cl2S.P/c1-3-2;. The summed E-state index contributed by atoms with van der Waals surface area (Å²) in [6.45, 7) is 0. The van der Waals surface area contributed by atoms with Gasteiger partial charge in [0.2, 0.25) is 0 Å². The van der Waals surface area contributed by atoms with Gasteiger partial charge in [0.25, 0.3) is 0 Å². The first kappa shape index (κ1) is 9.03. The monoisotopic (exact) mass is 133 g/mol. The Morgan fingerprint density at radius 3 is 1.25 bits per heavy atom. The second-order valence-corrected chi connectivity index (χ2v) is 1.57. The third-order valence-corrected chi connectivity index (χ3v) is 0.